The van der Waals surface area contributed by atoms with Crippen molar-refractivity contribution in [3.05, 3.63) is 54.1 Å². The maximum Gasteiger partial charge on any atom is 0.243 e. The Kier molecular flexibility index (Phi) is 7.70. The standard InChI is InChI=1S/C22H28N2O5S/c1-28-19-7-9-20(10-8-19)29-16-13-22(25)23-17-18-5-11-21(12-6-18)30(26,27)24-14-3-2-4-15-24/h5-12H,2-4,13-17H2,1H3,(H,23,25). The van der Waals surface area contributed by atoms with Gasteiger partial charge in [0.15, 0.2) is 0 Å². The highest BCUT2D eigenvalue weighted by Crippen LogP contribution is 2.21. The number of sulfonamides is 1. The molecule has 162 valence electrons. The molecule has 1 fully saturated rings. The quantitative estimate of drug-likeness (QED) is 0.659. The Hall–Kier alpha value is -2.58. The summed E-state index contributed by atoms with van der Waals surface area (Å²) in [7, 11) is -1.83. The van der Waals surface area contributed by atoms with E-state index in [1.807, 2.05) is 0 Å². The monoisotopic (exact) mass is 432 g/mol. The molecule has 1 aliphatic heterocycles. The number of benzene rings is 2. The number of methoxy groups -OCH3 is 1. The zero-order valence-corrected chi connectivity index (χ0v) is 18.0. The van der Waals surface area contributed by atoms with Crippen LogP contribution in [0.15, 0.2) is 53.4 Å². The Morgan fingerprint density at radius 2 is 1.60 bits per heavy atom. The van der Waals surface area contributed by atoms with Gasteiger partial charge in [0.05, 0.1) is 25.0 Å². The van der Waals surface area contributed by atoms with Crippen LogP contribution in [0.1, 0.15) is 31.2 Å². The van der Waals surface area contributed by atoms with Crippen LogP contribution in [0.5, 0.6) is 11.5 Å². The van der Waals surface area contributed by atoms with Gasteiger partial charge in [-0.25, -0.2) is 8.42 Å². The lowest BCUT2D eigenvalue weighted by Gasteiger charge is -2.25. The van der Waals surface area contributed by atoms with Gasteiger partial charge in [-0.15, -0.1) is 0 Å². The molecule has 2 aromatic rings. The van der Waals surface area contributed by atoms with Crippen LogP contribution in [-0.4, -0.2) is 45.4 Å². The summed E-state index contributed by atoms with van der Waals surface area (Å²) >= 11 is 0. The van der Waals surface area contributed by atoms with E-state index in [1.54, 1.807) is 59.9 Å². The number of amides is 1. The number of hydrogen-bond donors (Lipinski definition) is 1. The molecule has 0 atom stereocenters. The van der Waals surface area contributed by atoms with E-state index in [0.29, 0.717) is 30.3 Å². The van der Waals surface area contributed by atoms with Gasteiger partial charge in [-0.05, 0) is 54.8 Å². The number of nitrogens with zero attached hydrogens (tertiary/aromatic N) is 1. The molecule has 0 aliphatic carbocycles. The van der Waals surface area contributed by atoms with Crippen LogP contribution in [0.25, 0.3) is 0 Å². The summed E-state index contributed by atoms with van der Waals surface area (Å²) in [6.07, 6.45) is 3.13. The van der Waals surface area contributed by atoms with E-state index in [1.165, 1.54) is 0 Å². The van der Waals surface area contributed by atoms with Gasteiger partial charge < -0.3 is 14.8 Å². The van der Waals surface area contributed by atoms with Gasteiger partial charge in [0.25, 0.3) is 0 Å². The second-order valence-corrected chi connectivity index (χ2v) is 9.10. The predicted octanol–water partition coefficient (Wildman–Crippen LogP) is 2.96. The molecule has 0 spiro atoms. The molecule has 1 heterocycles. The Labute approximate surface area is 178 Å². The molecule has 1 saturated heterocycles. The maximum absolute atomic E-state index is 12.7. The number of carbonyl (C=O) groups excluding carboxylic acids is 1. The minimum atomic E-state index is -3.43. The number of ether oxygens (including phenoxy) is 2. The zero-order chi connectivity index (χ0) is 21.4. The van der Waals surface area contributed by atoms with Crippen molar-refractivity contribution in [1.29, 1.82) is 0 Å². The van der Waals surface area contributed by atoms with Crippen molar-refractivity contribution in [2.45, 2.75) is 37.1 Å². The van der Waals surface area contributed by atoms with Crippen molar-refractivity contribution in [3.8, 4) is 11.5 Å². The van der Waals surface area contributed by atoms with Crippen molar-refractivity contribution < 1.29 is 22.7 Å². The summed E-state index contributed by atoms with van der Waals surface area (Å²) in [5.74, 6) is 1.29. The van der Waals surface area contributed by atoms with E-state index in [2.05, 4.69) is 5.32 Å². The summed E-state index contributed by atoms with van der Waals surface area (Å²) in [6.45, 7) is 1.77. The minimum Gasteiger partial charge on any atom is -0.497 e. The lowest BCUT2D eigenvalue weighted by Crippen LogP contribution is -2.35. The smallest absolute Gasteiger partial charge is 0.243 e. The first-order valence-corrected chi connectivity index (χ1v) is 11.6. The summed E-state index contributed by atoms with van der Waals surface area (Å²) in [5, 5.41) is 2.83. The number of piperidine rings is 1. The molecule has 0 aromatic heterocycles. The molecule has 0 radical (unpaired) electrons. The highest BCUT2D eigenvalue weighted by atomic mass is 32.2. The fraction of sp³-hybridized carbons (Fsp3) is 0.409. The van der Waals surface area contributed by atoms with Crippen LogP contribution in [-0.2, 0) is 21.4 Å². The van der Waals surface area contributed by atoms with Gasteiger partial charge in [0.2, 0.25) is 15.9 Å². The van der Waals surface area contributed by atoms with Crippen LogP contribution in [0.4, 0.5) is 0 Å². The summed E-state index contributed by atoms with van der Waals surface area (Å²) in [6, 6.07) is 13.9. The van der Waals surface area contributed by atoms with Crippen molar-refractivity contribution in [2.24, 2.45) is 0 Å². The topological polar surface area (TPSA) is 84.9 Å². The van der Waals surface area contributed by atoms with Crippen molar-refractivity contribution in [3.63, 3.8) is 0 Å². The molecule has 8 heteroatoms. The molecule has 1 N–H and O–H groups in total. The molecule has 3 rings (SSSR count). The second kappa shape index (κ2) is 10.4. The first kappa shape index (κ1) is 22.1. The third-order valence-electron chi connectivity index (χ3n) is 5.02. The lowest BCUT2D eigenvalue weighted by atomic mass is 10.2. The highest BCUT2D eigenvalue weighted by Gasteiger charge is 2.25. The van der Waals surface area contributed by atoms with Gasteiger partial charge in [0.1, 0.15) is 11.5 Å². The second-order valence-electron chi connectivity index (χ2n) is 7.16. The number of hydrogen-bond acceptors (Lipinski definition) is 5. The van der Waals surface area contributed by atoms with Crippen molar-refractivity contribution in [2.75, 3.05) is 26.8 Å². The third kappa shape index (κ3) is 5.96. The summed E-state index contributed by atoms with van der Waals surface area (Å²) in [5.41, 5.74) is 0.844. The SMILES string of the molecule is COc1ccc(OCCC(=O)NCc2ccc(S(=O)(=O)N3CCCCC3)cc2)cc1. The fourth-order valence-electron chi connectivity index (χ4n) is 3.26. The van der Waals surface area contributed by atoms with Gasteiger partial charge in [-0.3, -0.25) is 4.79 Å². The van der Waals surface area contributed by atoms with E-state index >= 15 is 0 Å². The van der Waals surface area contributed by atoms with Crippen LogP contribution in [0, 0.1) is 0 Å². The molecule has 7 nitrogen and oxygen atoms in total. The lowest BCUT2D eigenvalue weighted by molar-refractivity contribution is -0.121. The fourth-order valence-corrected chi connectivity index (χ4v) is 4.77. The van der Waals surface area contributed by atoms with Crippen LogP contribution < -0.4 is 14.8 Å². The molecule has 1 aliphatic rings. The number of carbonyl (C=O) groups is 1. The van der Waals surface area contributed by atoms with Crippen LogP contribution in [0.3, 0.4) is 0 Å². The highest BCUT2D eigenvalue weighted by molar-refractivity contribution is 7.89. The number of rotatable bonds is 9. The van der Waals surface area contributed by atoms with Crippen molar-refractivity contribution in [1.82, 2.24) is 9.62 Å². The predicted molar refractivity (Wildman–Crippen MR) is 114 cm³/mol. The summed E-state index contributed by atoms with van der Waals surface area (Å²) < 4.78 is 37.5. The molecular weight excluding hydrogens is 404 g/mol. The van der Waals surface area contributed by atoms with Crippen molar-refractivity contribution >= 4 is 15.9 Å². The normalized spacial score (nSPS) is 14.8. The molecule has 0 saturated carbocycles. The molecule has 2 aromatic carbocycles. The zero-order valence-electron chi connectivity index (χ0n) is 17.2. The molecule has 0 bridgehead atoms. The Balaban J connectivity index is 1.43. The van der Waals surface area contributed by atoms with E-state index in [9.17, 15) is 13.2 Å². The molecule has 0 unspecified atom stereocenters. The largest absolute Gasteiger partial charge is 0.497 e. The molecular formula is C22H28N2O5S. The minimum absolute atomic E-state index is 0.131. The van der Waals surface area contributed by atoms with E-state index in [0.717, 1.165) is 30.6 Å². The molecule has 30 heavy (non-hydrogen) atoms. The van der Waals surface area contributed by atoms with Gasteiger partial charge in [-0.2, -0.15) is 4.31 Å². The average Bonchev–Trinajstić information content (AvgIpc) is 2.79. The van der Waals surface area contributed by atoms with Crippen LogP contribution >= 0.6 is 0 Å². The van der Waals surface area contributed by atoms with E-state index in [4.69, 9.17) is 9.47 Å². The Morgan fingerprint density at radius 1 is 0.967 bits per heavy atom. The number of nitrogens with one attached hydrogen (secondary N) is 1. The van der Waals surface area contributed by atoms with Crippen LogP contribution in [0.2, 0.25) is 0 Å². The van der Waals surface area contributed by atoms with Gasteiger partial charge in [-0.1, -0.05) is 18.6 Å². The third-order valence-corrected chi connectivity index (χ3v) is 6.94. The Bertz CT molecular complexity index is 921. The average molecular weight is 433 g/mol. The maximum atomic E-state index is 12.7. The van der Waals surface area contributed by atoms with Gasteiger partial charge >= 0.3 is 0 Å². The first-order valence-electron chi connectivity index (χ1n) is 10.1. The Morgan fingerprint density at radius 3 is 2.23 bits per heavy atom. The first-order chi connectivity index (χ1) is 14.5. The van der Waals surface area contributed by atoms with E-state index in [-0.39, 0.29) is 18.9 Å². The van der Waals surface area contributed by atoms with E-state index < -0.39 is 10.0 Å². The molecule has 1 amide bonds. The van der Waals surface area contributed by atoms with Gasteiger partial charge in [0, 0.05) is 19.6 Å². The summed E-state index contributed by atoms with van der Waals surface area (Å²) in [4.78, 5) is 12.3.